The van der Waals surface area contributed by atoms with E-state index < -0.39 is 0 Å². The lowest BCUT2D eigenvalue weighted by atomic mass is 10.1. The second kappa shape index (κ2) is 4.51. The first-order chi connectivity index (χ1) is 6.24. The number of hydrogen-bond donors (Lipinski definition) is 1. The molecule has 4 nitrogen and oxygen atoms in total. The molecule has 13 heavy (non-hydrogen) atoms. The number of nitrogens with one attached hydrogen (secondary N) is 1. The molecule has 0 radical (unpaired) electrons. The Labute approximate surface area is 78.6 Å². The van der Waals surface area contributed by atoms with Crippen molar-refractivity contribution >= 4 is 5.84 Å². The van der Waals surface area contributed by atoms with Gasteiger partial charge in [0.05, 0.1) is 0 Å². The summed E-state index contributed by atoms with van der Waals surface area (Å²) in [6, 6.07) is 0. The smallest absolute Gasteiger partial charge is 0.182 e. The fourth-order valence-electron chi connectivity index (χ4n) is 1.29. The predicted molar refractivity (Wildman–Crippen MR) is 52.1 cm³/mol. The van der Waals surface area contributed by atoms with Crippen LogP contribution in [-0.2, 0) is 0 Å². The zero-order valence-electron chi connectivity index (χ0n) is 8.04. The van der Waals surface area contributed by atoms with Gasteiger partial charge in [-0.2, -0.15) is 5.26 Å². The van der Waals surface area contributed by atoms with Gasteiger partial charge in [-0.1, -0.05) is 0 Å². The van der Waals surface area contributed by atoms with E-state index in [1.165, 1.54) is 0 Å². The second-order valence-electron chi connectivity index (χ2n) is 3.19. The third kappa shape index (κ3) is 2.79. The van der Waals surface area contributed by atoms with Crippen molar-refractivity contribution in [1.29, 1.82) is 5.26 Å². The van der Waals surface area contributed by atoms with Crippen LogP contribution in [0.25, 0.3) is 0 Å². The molecule has 0 unspecified atom stereocenters. The molecule has 70 valence electrons. The molecule has 0 saturated heterocycles. The summed E-state index contributed by atoms with van der Waals surface area (Å²) in [5, 5.41) is 11.1. The molecule has 1 aliphatic rings. The van der Waals surface area contributed by atoms with Crippen molar-refractivity contribution in [3.8, 4) is 6.19 Å². The van der Waals surface area contributed by atoms with Crippen molar-refractivity contribution in [3.05, 3.63) is 11.8 Å². The molecule has 0 aromatic carbocycles. The summed E-state index contributed by atoms with van der Waals surface area (Å²) < 4.78 is 0. The molecule has 0 saturated carbocycles. The minimum absolute atomic E-state index is 0.724. The van der Waals surface area contributed by atoms with Crippen molar-refractivity contribution in [1.82, 2.24) is 10.2 Å². The van der Waals surface area contributed by atoms with Gasteiger partial charge < -0.3 is 4.90 Å². The van der Waals surface area contributed by atoms with Crippen LogP contribution < -0.4 is 5.32 Å². The SMILES string of the molecule is CN(C)/C=C1\CCCN=C1NC#N. The van der Waals surface area contributed by atoms with Gasteiger partial charge in [-0.05, 0) is 12.8 Å². The van der Waals surface area contributed by atoms with Crippen LogP contribution in [0.15, 0.2) is 16.8 Å². The molecule has 0 aromatic rings. The van der Waals surface area contributed by atoms with Crippen LogP contribution in [0.1, 0.15) is 12.8 Å². The number of rotatable bonds is 1. The second-order valence-corrected chi connectivity index (χ2v) is 3.19. The van der Waals surface area contributed by atoms with E-state index in [9.17, 15) is 0 Å². The third-order valence-electron chi connectivity index (χ3n) is 1.77. The molecule has 0 amide bonds. The largest absolute Gasteiger partial charge is 0.383 e. The fraction of sp³-hybridized carbons (Fsp3) is 0.556. The van der Waals surface area contributed by atoms with Gasteiger partial charge in [0.15, 0.2) is 6.19 Å². The number of nitrogens with zero attached hydrogens (tertiary/aromatic N) is 3. The van der Waals surface area contributed by atoms with E-state index in [-0.39, 0.29) is 0 Å². The maximum atomic E-state index is 8.49. The molecular weight excluding hydrogens is 164 g/mol. The first-order valence-electron chi connectivity index (χ1n) is 4.31. The van der Waals surface area contributed by atoms with Crippen molar-refractivity contribution in [2.45, 2.75) is 12.8 Å². The van der Waals surface area contributed by atoms with Crippen LogP contribution in [0.4, 0.5) is 0 Å². The Morgan fingerprint density at radius 2 is 2.38 bits per heavy atom. The van der Waals surface area contributed by atoms with E-state index in [2.05, 4.69) is 10.3 Å². The number of hydrogen-bond acceptors (Lipinski definition) is 4. The maximum absolute atomic E-state index is 8.49. The number of aliphatic imine (C=N–C) groups is 1. The normalized spacial score (nSPS) is 19.2. The van der Waals surface area contributed by atoms with Crippen LogP contribution in [0, 0.1) is 11.5 Å². The molecule has 4 heteroatoms. The summed E-state index contributed by atoms with van der Waals surface area (Å²) in [5.41, 5.74) is 1.11. The molecule has 1 rings (SSSR count). The Morgan fingerprint density at radius 3 is 3.00 bits per heavy atom. The van der Waals surface area contributed by atoms with Gasteiger partial charge in [-0.15, -0.1) is 0 Å². The predicted octanol–water partition coefficient (Wildman–Crippen LogP) is 0.695. The highest BCUT2D eigenvalue weighted by molar-refractivity contribution is 5.99. The summed E-state index contributed by atoms with van der Waals surface area (Å²) in [6.45, 7) is 0.814. The van der Waals surface area contributed by atoms with Crippen LogP contribution in [0.2, 0.25) is 0 Å². The lowest BCUT2D eigenvalue weighted by molar-refractivity contribution is 0.555. The van der Waals surface area contributed by atoms with E-state index in [0.717, 1.165) is 30.8 Å². The van der Waals surface area contributed by atoms with E-state index >= 15 is 0 Å². The maximum Gasteiger partial charge on any atom is 0.182 e. The monoisotopic (exact) mass is 178 g/mol. The highest BCUT2D eigenvalue weighted by atomic mass is 15.1. The summed E-state index contributed by atoms with van der Waals surface area (Å²) >= 11 is 0. The summed E-state index contributed by atoms with van der Waals surface area (Å²) in [4.78, 5) is 6.21. The van der Waals surface area contributed by atoms with Crippen molar-refractivity contribution in [2.24, 2.45) is 4.99 Å². The molecule has 0 aromatic heterocycles. The van der Waals surface area contributed by atoms with Gasteiger partial charge in [0, 0.05) is 32.4 Å². The summed E-state index contributed by atoms with van der Waals surface area (Å²) in [7, 11) is 3.93. The first kappa shape index (κ1) is 9.59. The van der Waals surface area contributed by atoms with Gasteiger partial charge in [0.2, 0.25) is 0 Å². The Hall–Kier alpha value is -1.50. The minimum atomic E-state index is 0.724. The Kier molecular flexibility index (Phi) is 3.32. The Bertz CT molecular complexity index is 270. The van der Waals surface area contributed by atoms with Gasteiger partial charge in [0.1, 0.15) is 5.84 Å². The summed E-state index contributed by atoms with van der Waals surface area (Å²) in [6.07, 6.45) is 5.96. The van der Waals surface area contributed by atoms with Gasteiger partial charge in [-0.25, -0.2) is 0 Å². The molecular formula is C9H14N4. The highest BCUT2D eigenvalue weighted by Crippen LogP contribution is 2.12. The molecule has 1 heterocycles. The van der Waals surface area contributed by atoms with Crippen LogP contribution >= 0.6 is 0 Å². The van der Waals surface area contributed by atoms with Crippen LogP contribution in [-0.4, -0.2) is 31.4 Å². The molecule has 0 bridgehead atoms. The Balaban J connectivity index is 2.77. The lowest BCUT2D eigenvalue weighted by Crippen LogP contribution is -2.25. The van der Waals surface area contributed by atoms with E-state index in [1.54, 1.807) is 0 Å². The van der Waals surface area contributed by atoms with E-state index in [0.29, 0.717) is 0 Å². The molecule has 1 aliphatic heterocycles. The molecule has 0 atom stereocenters. The topological polar surface area (TPSA) is 51.4 Å². The van der Waals surface area contributed by atoms with Crippen molar-refractivity contribution in [3.63, 3.8) is 0 Å². The lowest BCUT2D eigenvalue weighted by Gasteiger charge is -2.16. The van der Waals surface area contributed by atoms with Gasteiger partial charge in [-0.3, -0.25) is 10.3 Å². The fourth-order valence-corrected chi connectivity index (χ4v) is 1.29. The van der Waals surface area contributed by atoms with E-state index in [4.69, 9.17) is 5.26 Å². The first-order valence-corrected chi connectivity index (χ1v) is 4.31. The zero-order chi connectivity index (χ0) is 9.68. The van der Waals surface area contributed by atoms with Gasteiger partial charge >= 0.3 is 0 Å². The zero-order valence-corrected chi connectivity index (χ0v) is 8.04. The Morgan fingerprint density at radius 1 is 1.62 bits per heavy atom. The van der Waals surface area contributed by atoms with Crippen molar-refractivity contribution < 1.29 is 0 Å². The number of amidine groups is 1. The van der Waals surface area contributed by atoms with E-state index in [1.807, 2.05) is 31.4 Å². The molecule has 0 spiro atoms. The average molecular weight is 178 g/mol. The summed E-state index contributed by atoms with van der Waals surface area (Å²) in [5.74, 6) is 0.724. The average Bonchev–Trinajstić information content (AvgIpc) is 2.08. The quantitative estimate of drug-likeness (QED) is 0.475. The molecule has 0 aliphatic carbocycles. The number of nitriles is 1. The van der Waals surface area contributed by atoms with Crippen molar-refractivity contribution in [2.75, 3.05) is 20.6 Å². The third-order valence-corrected chi connectivity index (χ3v) is 1.77. The van der Waals surface area contributed by atoms with Crippen LogP contribution in [0.5, 0.6) is 0 Å². The van der Waals surface area contributed by atoms with Crippen LogP contribution in [0.3, 0.4) is 0 Å². The standard InChI is InChI=1S/C9H14N4/c1-13(2)6-8-4-3-5-11-9(8)12-7-10/h6H,3-5H2,1-2H3,(H,11,12)/b8-6+. The molecule has 1 N–H and O–H groups in total. The molecule has 0 fully saturated rings. The van der Waals surface area contributed by atoms with Gasteiger partial charge in [0.25, 0.3) is 0 Å². The minimum Gasteiger partial charge on any atom is -0.383 e. The highest BCUT2D eigenvalue weighted by Gasteiger charge is 2.11.